The van der Waals surface area contributed by atoms with Crippen LogP contribution in [0.4, 0.5) is 0 Å². The smallest absolute Gasteiger partial charge is 0.243 e. The summed E-state index contributed by atoms with van der Waals surface area (Å²) in [5.74, 6) is -0.229. The molecule has 0 fully saturated rings. The zero-order valence-corrected chi connectivity index (χ0v) is 16.5. The van der Waals surface area contributed by atoms with Crippen molar-refractivity contribution in [2.75, 3.05) is 6.54 Å². The van der Waals surface area contributed by atoms with Gasteiger partial charge in [-0.25, -0.2) is 5.01 Å². The Kier molecular flexibility index (Phi) is 6.58. The molecule has 0 radical (unpaired) electrons. The Balaban J connectivity index is 1.47. The van der Waals surface area contributed by atoms with Crippen molar-refractivity contribution >= 4 is 17.5 Å². The fraction of sp³-hybridized carbons (Fsp3) is 0.348. The van der Waals surface area contributed by atoms with Crippen molar-refractivity contribution in [3.05, 3.63) is 71.3 Å². The lowest BCUT2D eigenvalue weighted by Gasteiger charge is -2.15. The quantitative estimate of drug-likeness (QED) is 0.797. The van der Waals surface area contributed by atoms with E-state index in [1.807, 2.05) is 49.4 Å². The lowest BCUT2D eigenvalue weighted by Crippen LogP contribution is -2.29. The largest absolute Gasteiger partial charge is 0.350 e. The zero-order chi connectivity index (χ0) is 19.9. The molecule has 1 aliphatic heterocycles. The van der Waals surface area contributed by atoms with Crippen LogP contribution in [-0.2, 0) is 16.0 Å². The highest BCUT2D eigenvalue weighted by atomic mass is 16.2. The Labute approximate surface area is 166 Å². The summed E-state index contributed by atoms with van der Waals surface area (Å²) in [6.45, 7) is 4.65. The van der Waals surface area contributed by atoms with Crippen LogP contribution in [0.25, 0.3) is 0 Å². The number of nitrogens with one attached hydrogen (secondary N) is 1. The van der Waals surface area contributed by atoms with E-state index in [9.17, 15) is 9.59 Å². The highest BCUT2D eigenvalue weighted by molar-refractivity contribution is 6.02. The second-order valence-corrected chi connectivity index (χ2v) is 7.06. The number of aryl methyl sites for hydroxylation is 1. The Morgan fingerprint density at radius 3 is 2.46 bits per heavy atom. The van der Waals surface area contributed by atoms with Gasteiger partial charge in [-0.1, -0.05) is 61.5 Å². The van der Waals surface area contributed by atoms with Crippen LogP contribution in [0.1, 0.15) is 55.8 Å². The topological polar surface area (TPSA) is 61.8 Å². The van der Waals surface area contributed by atoms with E-state index in [1.165, 1.54) is 10.6 Å². The first kappa shape index (κ1) is 19.8. The molecule has 1 unspecified atom stereocenters. The molecule has 146 valence electrons. The van der Waals surface area contributed by atoms with E-state index in [1.54, 1.807) is 0 Å². The summed E-state index contributed by atoms with van der Waals surface area (Å²) in [5.41, 5.74) is 4.29. The molecular weight excluding hydrogens is 350 g/mol. The summed E-state index contributed by atoms with van der Waals surface area (Å²) in [7, 11) is 0. The van der Waals surface area contributed by atoms with E-state index in [0.717, 1.165) is 29.7 Å². The molecule has 0 bridgehead atoms. The lowest BCUT2D eigenvalue weighted by atomic mass is 10.0. The van der Waals surface area contributed by atoms with Crippen LogP contribution in [-0.4, -0.2) is 29.1 Å². The molecule has 2 aromatic carbocycles. The van der Waals surface area contributed by atoms with E-state index in [4.69, 9.17) is 0 Å². The van der Waals surface area contributed by atoms with Gasteiger partial charge in [-0.3, -0.25) is 9.59 Å². The van der Waals surface area contributed by atoms with Gasteiger partial charge in [0.15, 0.2) is 0 Å². The molecule has 2 amide bonds. The Morgan fingerprint density at radius 1 is 1.07 bits per heavy atom. The number of hydrogen-bond acceptors (Lipinski definition) is 3. The van der Waals surface area contributed by atoms with Crippen LogP contribution >= 0.6 is 0 Å². The third-order valence-electron chi connectivity index (χ3n) is 5.03. The van der Waals surface area contributed by atoms with Gasteiger partial charge in [0.2, 0.25) is 11.8 Å². The fourth-order valence-corrected chi connectivity index (χ4v) is 3.26. The number of nitrogens with zero attached hydrogens (tertiary/aromatic N) is 2. The predicted molar refractivity (Wildman–Crippen MR) is 111 cm³/mol. The van der Waals surface area contributed by atoms with Crippen LogP contribution in [0, 0.1) is 0 Å². The first-order valence-corrected chi connectivity index (χ1v) is 9.88. The monoisotopic (exact) mass is 377 g/mol. The molecule has 28 heavy (non-hydrogen) atoms. The molecule has 5 nitrogen and oxygen atoms in total. The second-order valence-electron chi connectivity index (χ2n) is 7.06. The van der Waals surface area contributed by atoms with Crippen LogP contribution < -0.4 is 5.32 Å². The highest BCUT2D eigenvalue weighted by Gasteiger charge is 2.22. The summed E-state index contributed by atoms with van der Waals surface area (Å²) in [5, 5.41) is 8.89. The van der Waals surface area contributed by atoms with Gasteiger partial charge >= 0.3 is 0 Å². The normalized spacial score (nSPS) is 14.5. The van der Waals surface area contributed by atoms with Gasteiger partial charge in [0.1, 0.15) is 0 Å². The summed E-state index contributed by atoms with van der Waals surface area (Å²) in [6.07, 6.45) is 2.07. The fourth-order valence-electron chi connectivity index (χ4n) is 3.26. The Morgan fingerprint density at radius 2 is 1.79 bits per heavy atom. The number of benzene rings is 2. The molecule has 5 heteroatoms. The highest BCUT2D eigenvalue weighted by Crippen LogP contribution is 2.16. The molecule has 2 aromatic rings. The molecule has 0 aliphatic carbocycles. The number of hydrazone groups is 1. The van der Waals surface area contributed by atoms with Crippen molar-refractivity contribution in [3.8, 4) is 0 Å². The maximum absolute atomic E-state index is 12.4. The number of rotatable bonds is 7. The minimum absolute atomic E-state index is 0.0806. The van der Waals surface area contributed by atoms with E-state index in [0.29, 0.717) is 6.54 Å². The number of amides is 2. The van der Waals surface area contributed by atoms with Gasteiger partial charge in [0.25, 0.3) is 0 Å². The minimum atomic E-state index is -0.119. The van der Waals surface area contributed by atoms with Crippen LogP contribution in [0.3, 0.4) is 0 Å². The van der Waals surface area contributed by atoms with Crippen LogP contribution in [0.5, 0.6) is 0 Å². The molecule has 0 aromatic heterocycles. The van der Waals surface area contributed by atoms with Gasteiger partial charge in [-0.15, -0.1) is 0 Å². The minimum Gasteiger partial charge on any atom is -0.350 e. The predicted octanol–water partition coefficient (Wildman–Crippen LogP) is 3.84. The number of carbonyl (C=O) groups excluding carboxylic acids is 2. The van der Waals surface area contributed by atoms with E-state index >= 15 is 0 Å². The van der Waals surface area contributed by atoms with Crippen molar-refractivity contribution in [3.63, 3.8) is 0 Å². The molecule has 1 heterocycles. The molecule has 1 atom stereocenters. The molecule has 1 N–H and O–H groups in total. The molecule has 0 saturated carbocycles. The van der Waals surface area contributed by atoms with Gasteiger partial charge in [-0.05, 0) is 30.0 Å². The van der Waals surface area contributed by atoms with Crippen molar-refractivity contribution in [2.45, 2.75) is 45.6 Å². The molecule has 3 rings (SSSR count). The number of carbonyl (C=O) groups is 2. The molecular formula is C23H27N3O2. The van der Waals surface area contributed by atoms with Crippen molar-refractivity contribution in [1.82, 2.24) is 10.3 Å². The van der Waals surface area contributed by atoms with E-state index in [-0.39, 0.29) is 30.7 Å². The summed E-state index contributed by atoms with van der Waals surface area (Å²) < 4.78 is 0. The number of hydrogen-bond donors (Lipinski definition) is 1. The van der Waals surface area contributed by atoms with Crippen LogP contribution in [0.2, 0.25) is 0 Å². The molecule has 0 saturated heterocycles. The standard InChI is InChI=1S/C23H27N3O2/c1-3-18-9-11-19(12-10-18)17(2)24-22(27)13-14-23(28)26-16-15-21(25-26)20-7-5-4-6-8-20/h4-12,17H,3,13-16H2,1-2H3,(H,24,27). The molecule has 0 spiro atoms. The van der Waals surface area contributed by atoms with E-state index < -0.39 is 0 Å². The second kappa shape index (κ2) is 9.31. The Bertz CT molecular complexity index is 844. The SMILES string of the molecule is CCc1ccc(C(C)NC(=O)CCC(=O)N2CCC(c3ccccc3)=N2)cc1. The van der Waals surface area contributed by atoms with Gasteiger partial charge < -0.3 is 5.32 Å². The third kappa shape index (κ3) is 5.06. The molecule has 1 aliphatic rings. The van der Waals surface area contributed by atoms with Gasteiger partial charge in [0.05, 0.1) is 18.3 Å². The van der Waals surface area contributed by atoms with E-state index in [2.05, 4.69) is 29.5 Å². The summed E-state index contributed by atoms with van der Waals surface area (Å²) >= 11 is 0. The maximum atomic E-state index is 12.4. The lowest BCUT2D eigenvalue weighted by molar-refractivity contribution is -0.133. The van der Waals surface area contributed by atoms with Crippen LogP contribution in [0.15, 0.2) is 59.7 Å². The van der Waals surface area contributed by atoms with Gasteiger partial charge in [-0.2, -0.15) is 5.10 Å². The van der Waals surface area contributed by atoms with Crippen molar-refractivity contribution in [1.29, 1.82) is 0 Å². The summed E-state index contributed by atoms with van der Waals surface area (Å²) in [6, 6.07) is 18.0. The first-order valence-electron chi connectivity index (χ1n) is 9.88. The zero-order valence-electron chi connectivity index (χ0n) is 16.5. The third-order valence-corrected chi connectivity index (χ3v) is 5.03. The first-order chi connectivity index (χ1) is 13.6. The van der Waals surface area contributed by atoms with Crippen molar-refractivity contribution < 1.29 is 9.59 Å². The Hall–Kier alpha value is -2.95. The average Bonchev–Trinajstić information content (AvgIpc) is 3.23. The maximum Gasteiger partial charge on any atom is 0.243 e. The van der Waals surface area contributed by atoms with Crippen molar-refractivity contribution in [2.24, 2.45) is 5.10 Å². The average molecular weight is 377 g/mol. The van der Waals surface area contributed by atoms with Gasteiger partial charge in [0, 0.05) is 19.3 Å². The summed E-state index contributed by atoms with van der Waals surface area (Å²) in [4.78, 5) is 24.6.